The van der Waals surface area contributed by atoms with Crippen LogP contribution >= 0.6 is 11.6 Å². The normalized spacial score (nSPS) is 15.1. The summed E-state index contributed by atoms with van der Waals surface area (Å²) in [6.07, 6.45) is 2.06. The molecule has 1 aliphatic rings. The molecule has 0 spiro atoms. The van der Waals surface area contributed by atoms with Crippen LogP contribution in [0.1, 0.15) is 43.9 Å². The molecule has 0 N–H and O–H groups in total. The summed E-state index contributed by atoms with van der Waals surface area (Å²) in [7, 11) is -3.11. The third-order valence-corrected chi connectivity index (χ3v) is 7.31. The second kappa shape index (κ2) is 9.70. The largest absolute Gasteiger partial charge is 0.493 e. The Morgan fingerprint density at radius 3 is 2.38 bits per heavy atom. The third kappa shape index (κ3) is 5.37. The molecule has 0 radical (unpaired) electrons. The summed E-state index contributed by atoms with van der Waals surface area (Å²) < 4.78 is 35.9. The number of nitriles is 1. The number of halogens is 1. The third-order valence-electron chi connectivity index (χ3n) is 5.79. The zero-order valence-corrected chi connectivity index (χ0v) is 20.5. The SMILES string of the molecule is CCCOc1c(Cl)cc(C(C)(C)c2ccc(OCC3CN(S(C)(=O)=O)C3)cc2)cc1C#N. The van der Waals surface area contributed by atoms with Crippen molar-refractivity contribution >= 4 is 21.6 Å². The van der Waals surface area contributed by atoms with Gasteiger partial charge in [-0.25, -0.2) is 12.7 Å². The average Bonchev–Trinajstić information content (AvgIpc) is 2.70. The standard InChI is InChI=1S/C24H29ClN2O4S/c1-5-10-30-23-18(13-26)11-20(12-22(23)25)24(2,3)19-6-8-21(9-7-19)31-16-17-14-27(15-17)32(4,28)29/h6-9,11-12,17H,5,10,14-16H2,1-4H3. The van der Waals surface area contributed by atoms with E-state index in [1.165, 1.54) is 10.6 Å². The number of hydrogen-bond donors (Lipinski definition) is 0. The van der Waals surface area contributed by atoms with Crippen LogP contribution in [0, 0.1) is 17.2 Å². The lowest BCUT2D eigenvalue weighted by Crippen LogP contribution is -2.51. The van der Waals surface area contributed by atoms with E-state index in [0.717, 1.165) is 23.3 Å². The van der Waals surface area contributed by atoms with Crippen LogP contribution in [0.4, 0.5) is 0 Å². The van der Waals surface area contributed by atoms with Crippen molar-refractivity contribution in [1.29, 1.82) is 5.26 Å². The summed E-state index contributed by atoms with van der Waals surface area (Å²) in [6, 6.07) is 13.7. The molecule has 172 valence electrons. The first-order valence-corrected chi connectivity index (χ1v) is 12.8. The molecular formula is C24H29ClN2O4S. The van der Waals surface area contributed by atoms with Gasteiger partial charge in [-0.2, -0.15) is 5.26 Å². The highest BCUT2D eigenvalue weighted by molar-refractivity contribution is 7.88. The van der Waals surface area contributed by atoms with E-state index in [1.807, 2.05) is 43.3 Å². The van der Waals surface area contributed by atoms with Crippen molar-refractivity contribution < 1.29 is 17.9 Å². The van der Waals surface area contributed by atoms with Crippen molar-refractivity contribution in [3.63, 3.8) is 0 Å². The summed E-state index contributed by atoms with van der Waals surface area (Å²) in [5.41, 5.74) is 2.02. The summed E-state index contributed by atoms with van der Waals surface area (Å²) in [4.78, 5) is 0. The Kier molecular flexibility index (Phi) is 7.39. The first kappa shape index (κ1) is 24.4. The highest BCUT2D eigenvalue weighted by Crippen LogP contribution is 2.38. The van der Waals surface area contributed by atoms with Crippen molar-refractivity contribution in [3.8, 4) is 17.6 Å². The number of nitrogens with zero attached hydrogens (tertiary/aromatic N) is 2. The van der Waals surface area contributed by atoms with Gasteiger partial charge < -0.3 is 9.47 Å². The Morgan fingerprint density at radius 2 is 1.81 bits per heavy atom. The molecular weight excluding hydrogens is 448 g/mol. The van der Waals surface area contributed by atoms with Gasteiger partial charge in [-0.1, -0.05) is 44.5 Å². The van der Waals surface area contributed by atoms with Crippen LogP contribution in [0.5, 0.6) is 11.5 Å². The number of rotatable bonds is 9. The predicted molar refractivity (Wildman–Crippen MR) is 126 cm³/mol. The molecule has 2 aromatic rings. The van der Waals surface area contributed by atoms with Crippen LogP contribution in [0.3, 0.4) is 0 Å². The average molecular weight is 477 g/mol. The lowest BCUT2D eigenvalue weighted by atomic mass is 9.77. The predicted octanol–water partition coefficient (Wildman–Crippen LogP) is 4.60. The molecule has 1 fully saturated rings. The van der Waals surface area contributed by atoms with Gasteiger partial charge in [0.15, 0.2) is 5.75 Å². The maximum absolute atomic E-state index is 11.5. The monoisotopic (exact) mass is 476 g/mol. The maximum atomic E-state index is 11.5. The number of ether oxygens (including phenoxy) is 2. The van der Waals surface area contributed by atoms with E-state index in [9.17, 15) is 13.7 Å². The van der Waals surface area contributed by atoms with Crippen LogP contribution in [0.15, 0.2) is 36.4 Å². The van der Waals surface area contributed by atoms with Crippen molar-refractivity contribution in [2.45, 2.75) is 32.6 Å². The van der Waals surface area contributed by atoms with E-state index in [4.69, 9.17) is 21.1 Å². The summed E-state index contributed by atoms with van der Waals surface area (Å²) in [5.74, 6) is 1.38. The first-order valence-electron chi connectivity index (χ1n) is 10.6. The molecule has 0 saturated carbocycles. The van der Waals surface area contributed by atoms with Gasteiger partial charge in [0.1, 0.15) is 11.8 Å². The van der Waals surface area contributed by atoms with Crippen molar-refractivity contribution in [2.24, 2.45) is 5.92 Å². The van der Waals surface area contributed by atoms with Crippen LogP contribution in [0.2, 0.25) is 5.02 Å². The second-order valence-corrected chi connectivity index (χ2v) is 11.1. The topological polar surface area (TPSA) is 79.6 Å². The molecule has 0 bridgehead atoms. The van der Waals surface area contributed by atoms with Gasteiger partial charge in [0.05, 0.1) is 30.1 Å². The molecule has 0 atom stereocenters. The van der Waals surface area contributed by atoms with E-state index >= 15 is 0 Å². The van der Waals surface area contributed by atoms with Crippen molar-refractivity contribution in [3.05, 3.63) is 58.1 Å². The molecule has 0 aliphatic carbocycles. The van der Waals surface area contributed by atoms with Crippen LogP contribution in [0.25, 0.3) is 0 Å². The Bertz CT molecular complexity index is 1100. The second-order valence-electron chi connectivity index (χ2n) is 8.70. The van der Waals surface area contributed by atoms with Gasteiger partial charge in [-0.05, 0) is 41.8 Å². The molecule has 1 saturated heterocycles. The van der Waals surface area contributed by atoms with E-state index in [2.05, 4.69) is 19.9 Å². The summed E-state index contributed by atoms with van der Waals surface area (Å²) in [6.45, 7) is 8.16. The molecule has 32 heavy (non-hydrogen) atoms. The van der Waals surface area contributed by atoms with Gasteiger partial charge in [0.25, 0.3) is 0 Å². The number of hydrogen-bond acceptors (Lipinski definition) is 5. The lowest BCUT2D eigenvalue weighted by molar-refractivity contribution is 0.130. The quantitative estimate of drug-likeness (QED) is 0.528. The van der Waals surface area contributed by atoms with Gasteiger partial charge in [0.2, 0.25) is 10.0 Å². The molecule has 1 aliphatic heterocycles. The highest BCUT2D eigenvalue weighted by atomic mass is 35.5. The zero-order valence-electron chi connectivity index (χ0n) is 18.9. The molecule has 6 nitrogen and oxygen atoms in total. The van der Waals surface area contributed by atoms with Crippen LogP contribution in [-0.2, 0) is 15.4 Å². The minimum absolute atomic E-state index is 0.209. The summed E-state index contributed by atoms with van der Waals surface area (Å²) in [5, 5.41) is 10.0. The van der Waals surface area contributed by atoms with Crippen LogP contribution in [-0.4, -0.2) is 45.3 Å². The van der Waals surface area contributed by atoms with E-state index < -0.39 is 10.0 Å². The van der Waals surface area contributed by atoms with Gasteiger partial charge >= 0.3 is 0 Å². The minimum atomic E-state index is -3.11. The highest BCUT2D eigenvalue weighted by Gasteiger charge is 2.33. The molecule has 8 heteroatoms. The lowest BCUT2D eigenvalue weighted by Gasteiger charge is -2.36. The fourth-order valence-corrected chi connectivity index (χ4v) is 4.87. The Labute approximate surface area is 195 Å². The van der Waals surface area contributed by atoms with Gasteiger partial charge in [-0.15, -0.1) is 0 Å². The zero-order chi connectivity index (χ0) is 23.5. The van der Waals surface area contributed by atoms with E-state index in [0.29, 0.717) is 42.6 Å². The number of benzene rings is 2. The molecule has 0 aromatic heterocycles. The van der Waals surface area contributed by atoms with Crippen molar-refractivity contribution in [1.82, 2.24) is 4.31 Å². The van der Waals surface area contributed by atoms with E-state index in [1.54, 1.807) is 0 Å². The number of sulfonamides is 1. The Morgan fingerprint density at radius 1 is 1.16 bits per heavy atom. The fraction of sp³-hybridized carbons (Fsp3) is 0.458. The molecule has 1 heterocycles. The van der Waals surface area contributed by atoms with Crippen molar-refractivity contribution in [2.75, 3.05) is 32.6 Å². The van der Waals surface area contributed by atoms with Gasteiger partial charge in [-0.3, -0.25) is 0 Å². The maximum Gasteiger partial charge on any atom is 0.211 e. The molecule has 2 aromatic carbocycles. The fourth-order valence-electron chi connectivity index (χ4n) is 3.64. The molecule has 3 rings (SSSR count). The smallest absolute Gasteiger partial charge is 0.211 e. The molecule has 0 amide bonds. The molecule has 0 unspecified atom stereocenters. The Hall–Kier alpha value is -2.27. The first-order chi connectivity index (χ1) is 15.1. The Balaban J connectivity index is 1.70. The van der Waals surface area contributed by atoms with Gasteiger partial charge in [0, 0.05) is 24.4 Å². The minimum Gasteiger partial charge on any atom is -0.493 e. The summed E-state index contributed by atoms with van der Waals surface area (Å²) >= 11 is 6.46. The van der Waals surface area contributed by atoms with Crippen LogP contribution < -0.4 is 9.47 Å². The van der Waals surface area contributed by atoms with E-state index in [-0.39, 0.29) is 11.3 Å².